The molecule has 1 aliphatic heterocycles. The Bertz CT molecular complexity index is 1640. The second-order valence-electron chi connectivity index (χ2n) is 9.43. The predicted octanol–water partition coefficient (Wildman–Crippen LogP) is 7.21. The molecule has 0 radical (unpaired) electrons. The number of carbonyl (C=O) groups excluding carboxylic acids is 1. The zero-order chi connectivity index (χ0) is 26.4. The molecule has 190 valence electrons. The van der Waals surface area contributed by atoms with Crippen LogP contribution in [0.25, 0.3) is 11.5 Å². The number of para-hydroxylation sites is 1. The highest BCUT2D eigenvalue weighted by Gasteiger charge is 2.36. The molecule has 1 N–H and O–H groups in total. The molecule has 6 rings (SSSR count). The Hall–Kier alpha value is -4.36. The molecule has 8 heteroatoms. The van der Waals surface area contributed by atoms with Gasteiger partial charge in [-0.2, -0.15) is 5.10 Å². The quantitative estimate of drug-likeness (QED) is 0.270. The first-order valence-corrected chi connectivity index (χ1v) is 12.7. The second-order valence-corrected chi connectivity index (χ2v) is 9.84. The van der Waals surface area contributed by atoms with E-state index in [9.17, 15) is 9.18 Å². The van der Waals surface area contributed by atoms with Crippen molar-refractivity contribution in [1.29, 1.82) is 0 Å². The number of rotatable bonds is 3. The molecule has 2 amide bonds. The SMILES string of the molecule is Cc1ccc(NC(=O)N2Cc3c(C)nn(-c4ccccc4)c3-n3cccc3[C@H]2c2ccc(F)cc2)c(Cl)c1. The van der Waals surface area contributed by atoms with Crippen LogP contribution in [0.15, 0.2) is 91.1 Å². The first kappa shape index (κ1) is 24.0. The lowest BCUT2D eigenvalue weighted by atomic mass is 10.0. The average molecular weight is 526 g/mol. The van der Waals surface area contributed by atoms with Gasteiger partial charge >= 0.3 is 6.03 Å². The van der Waals surface area contributed by atoms with Gasteiger partial charge in [0.15, 0.2) is 0 Å². The van der Waals surface area contributed by atoms with Crippen LogP contribution in [0.3, 0.4) is 0 Å². The van der Waals surface area contributed by atoms with Crippen molar-refractivity contribution in [3.8, 4) is 11.5 Å². The monoisotopic (exact) mass is 525 g/mol. The summed E-state index contributed by atoms with van der Waals surface area (Å²) in [5.41, 5.74) is 5.82. The Morgan fingerprint density at radius 2 is 1.76 bits per heavy atom. The van der Waals surface area contributed by atoms with Crippen LogP contribution in [-0.2, 0) is 6.54 Å². The molecule has 0 aliphatic carbocycles. The molecule has 3 heterocycles. The minimum absolute atomic E-state index is 0.285. The summed E-state index contributed by atoms with van der Waals surface area (Å²) >= 11 is 6.46. The van der Waals surface area contributed by atoms with E-state index in [4.69, 9.17) is 16.7 Å². The first-order chi connectivity index (χ1) is 18.4. The van der Waals surface area contributed by atoms with Gasteiger partial charge < -0.3 is 14.8 Å². The third-order valence-electron chi connectivity index (χ3n) is 6.90. The molecular weight excluding hydrogens is 501 g/mol. The highest BCUT2D eigenvalue weighted by molar-refractivity contribution is 6.33. The van der Waals surface area contributed by atoms with Gasteiger partial charge in [-0.05, 0) is 73.5 Å². The van der Waals surface area contributed by atoms with Crippen LogP contribution < -0.4 is 5.32 Å². The average Bonchev–Trinajstić information content (AvgIpc) is 3.47. The fourth-order valence-electron chi connectivity index (χ4n) is 5.05. The largest absolute Gasteiger partial charge is 0.323 e. The lowest BCUT2D eigenvalue weighted by Gasteiger charge is -2.31. The number of anilines is 1. The van der Waals surface area contributed by atoms with E-state index in [2.05, 4.69) is 9.88 Å². The van der Waals surface area contributed by atoms with Gasteiger partial charge in [0.25, 0.3) is 0 Å². The van der Waals surface area contributed by atoms with Crippen molar-refractivity contribution in [2.45, 2.75) is 26.4 Å². The summed E-state index contributed by atoms with van der Waals surface area (Å²) in [7, 11) is 0. The lowest BCUT2D eigenvalue weighted by Crippen LogP contribution is -2.38. The molecule has 0 saturated heterocycles. The third-order valence-corrected chi connectivity index (χ3v) is 7.21. The first-order valence-electron chi connectivity index (χ1n) is 12.3. The normalized spacial score (nSPS) is 14.5. The summed E-state index contributed by atoms with van der Waals surface area (Å²) in [5.74, 6) is 0.531. The molecule has 1 atom stereocenters. The number of fused-ring (bicyclic) bond motifs is 3. The van der Waals surface area contributed by atoms with Gasteiger partial charge in [-0.3, -0.25) is 0 Å². The molecule has 6 nitrogen and oxygen atoms in total. The van der Waals surface area contributed by atoms with E-state index < -0.39 is 6.04 Å². The fraction of sp³-hybridized carbons (Fsp3) is 0.133. The van der Waals surface area contributed by atoms with E-state index in [-0.39, 0.29) is 18.4 Å². The standard InChI is InChI=1S/C30H25ClFN5O/c1-19-10-15-26(25(31)17-19)33-30(38)36-18-24-20(2)34-37(23-7-4-3-5-8-23)29(24)35-16-6-9-27(35)28(36)21-11-13-22(32)14-12-21/h3-17,28H,18H2,1-2H3,(H,33,38)/t28-/m1/s1. The van der Waals surface area contributed by atoms with E-state index in [1.807, 2.05) is 79.3 Å². The smallest absolute Gasteiger partial charge is 0.307 e. The molecule has 0 fully saturated rings. The van der Waals surface area contributed by atoms with Gasteiger partial charge in [0, 0.05) is 11.8 Å². The van der Waals surface area contributed by atoms with Crippen LogP contribution in [0.1, 0.15) is 34.1 Å². The maximum absolute atomic E-state index is 14.0. The fourth-order valence-corrected chi connectivity index (χ4v) is 5.34. The van der Waals surface area contributed by atoms with Gasteiger partial charge in [0.1, 0.15) is 11.6 Å². The van der Waals surface area contributed by atoms with E-state index in [0.29, 0.717) is 10.7 Å². The molecule has 0 unspecified atom stereocenters. The number of aromatic nitrogens is 3. The summed E-state index contributed by atoms with van der Waals surface area (Å²) in [6.45, 7) is 4.18. The number of aryl methyl sites for hydroxylation is 2. The Labute approximate surface area is 224 Å². The molecule has 5 aromatic rings. The van der Waals surface area contributed by atoms with E-state index in [1.165, 1.54) is 12.1 Å². The van der Waals surface area contributed by atoms with Gasteiger partial charge in [0.2, 0.25) is 0 Å². The van der Waals surface area contributed by atoms with E-state index >= 15 is 0 Å². The van der Waals surface area contributed by atoms with Crippen LogP contribution in [0.5, 0.6) is 0 Å². The summed E-state index contributed by atoms with van der Waals surface area (Å²) in [6, 6.07) is 24.8. The molecular formula is C30H25ClFN5O. The number of benzene rings is 3. The number of nitrogens with zero attached hydrogens (tertiary/aromatic N) is 4. The van der Waals surface area contributed by atoms with Gasteiger partial charge in [-0.25, -0.2) is 13.9 Å². The van der Waals surface area contributed by atoms with Crippen molar-refractivity contribution in [3.05, 3.63) is 130 Å². The van der Waals surface area contributed by atoms with E-state index in [0.717, 1.165) is 39.6 Å². The Kier molecular flexibility index (Phi) is 6.00. The van der Waals surface area contributed by atoms with Gasteiger partial charge in [-0.15, -0.1) is 0 Å². The van der Waals surface area contributed by atoms with Crippen molar-refractivity contribution >= 4 is 23.3 Å². The van der Waals surface area contributed by atoms with Crippen molar-refractivity contribution in [1.82, 2.24) is 19.2 Å². The predicted molar refractivity (Wildman–Crippen MR) is 147 cm³/mol. The van der Waals surface area contributed by atoms with Crippen LogP contribution in [0.4, 0.5) is 14.9 Å². The third kappa shape index (κ3) is 4.15. The van der Waals surface area contributed by atoms with Crippen LogP contribution >= 0.6 is 11.6 Å². The molecule has 1 aliphatic rings. The zero-order valence-corrected chi connectivity index (χ0v) is 21.7. The number of hydrogen-bond acceptors (Lipinski definition) is 2. The summed E-state index contributed by atoms with van der Waals surface area (Å²) in [6.07, 6.45) is 1.98. The highest BCUT2D eigenvalue weighted by atomic mass is 35.5. The Balaban J connectivity index is 1.53. The second kappa shape index (κ2) is 9.50. The molecule has 0 saturated carbocycles. The molecule has 3 aromatic carbocycles. The van der Waals surface area contributed by atoms with Gasteiger partial charge in [-0.1, -0.05) is 48.0 Å². The van der Waals surface area contributed by atoms with Crippen LogP contribution in [-0.4, -0.2) is 25.3 Å². The minimum Gasteiger partial charge on any atom is -0.307 e. The van der Waals surface area contributed by atoms with Crippen molar-refractivity contribution in [2.24, 2.45) is 0 Å². The van der Waals surface area contributed by atoms with Crippen LogP contribution in [0.2, 0.25) is 5.02 Å². The van der Waals surface area contributed by atoms with Crippen molar-refractivity contribution in [2.75, 3.05) is 5.32 Å². The zero-order valence-electron chi connectivity index (χ0n) is 20.9. The maximum atomic E-state index is 14.0. The molecule has 2 aromatic heterocycles. The molecule has 0 spiro atoms. The number of carbonyl (C=O) groups is 1. The van der Waals surface area contributed by atoms with Crippen molar-refractivity contribution < 1.29 is 9.18 Å². The van der Waals surface area contributed by atoms with Gasteiger partial charge in [0.05, 0.1) is 40.4 Å². The van der Waals surface area contributed by atoms with Crippen LogP contribution in [0, 0.1) is 19.7 Å². The molecule has 38 heavy (non-hydrogen) atoms. The number of amides is 2. The summed E-state index contributed by atoms with van der Waals surface area (Å²) < 4.78 is 17.9. The molecule has 0 bridgehead atoms. The summed E-state index contributed by atoms with van der Waals surface area (Å²) in [5, 5.41) is 8.32. The number of urea groups is 1. The van der Waals surface area contributed by atoms with Crippen molar-refractivity contribution in [3.63, 3.8) is 0 Å². The number of halogens is 2. The Morgan fingerprint density at radius 1 is 1.00 bits per heavy atom. The topological polar surface area (TPSA) is 55.1 Å². The highest BCUT2D eigenvalue weighted by Crippen LogP contribution is 2.39. The number of nitrogens with one attached hydrogen (secondary N) is 1. The number of hydrogen-bond donors (Lipinski definition) is 1. The van der Waals surface area contributed by atoms with E-state index in [1.54, 1.807) is 23.1 Å². The summed E-state index contributed by atoms with van der Waals surface area (Å²) in [4.78, 5) is 15.7. The maximum Gasteiger partial charge on any atom is 0.323 e. The minimum atomic E-state index is -0.495. The Morgan fingerprint density at radius 3 is 2.50 bits per heavy atom. The lowest BCUT2D eigenvalue weighted by molar-refractivity contribution is 0.194.